The van der Waals surface area contributed by atoms with Gasteiger partial charge in [-0.25, -0.2) is 0 Å². The highest BCUT2D eigenvalue weighted by molar-refractivity contribution is 5.32. The van der Waals surface area contributed by atoms with Crippen molar-refractivity contribution in [2.45, 2.75) is 51.2 Å². The molecule has 0 spiro atoms. The molecule has 0 aliphatic heterocycles. The first kappa shape index (κ1) is 15.4. The van der Waals surface area contributed by atoms with Gasteiger partial charge in [-0.3, -0.25) is 0 Å². The Labute approximate surface area is 118 Å². The predicted molar refractivity (Wildman–Crippen MR) is 74.4 cm³/mol. The van der Waals surface area contributed by atoms with Crippen LogP contribution in [0.4, 0.5) is 13.2 Å². The van der Waals surface area contributed by atoms with Crippen molar-refractivity contribution in [2.75, 3.05) is 6.54 Å². The van der Waals surface area contributed by atoms with Gasteiger partial charge in [0.05, 0.1) is 5.56 Å². The molecule has 4 heteroatoms. The number of alkyl halides is 3. The maximum Gasteiger partial charge on any atom is 0.416 e. The van der Waals surface area contributed by atoms with Crippen LogP contribution in [-0.2, 0) is 6.18 Å². The van der Waals surface area contributed by atoms with Gasteiger partial charge in [0.25, 0.3) is 0 Å². The highest BCUT2D eigenvalue weighted by atomic mass is 19.4. The maximum atomic E-state index is 13.1. The van der Waals surface area contributed by atoms with E-state index < -0.39 is 11.7 Å². The molecule has 0 radical (unpaired) electrons. The molecule has 1 saturated carbocycles. The molecule has 0 amide bonds. The Kier molecular flexibility index (Phi) is 5.08. The molecular formula is C16H22F3N. The summed E-state index contributed by atoms with van der Waals surface area (Å²) < 4.78 is 39.3. The van der Waals surface area contributed by atoms with Crippen molar-refractivity contribution in [3.8, 4) is 0 Å². The number of rotatable bonds is 7. The summed E-state index contributed by atoms with van der Waals surface area (Å²) in [5.41, 5.74) is -0.0986. The minimum absolute atomic E-state index is 0.187. The van der Waals surface area contributed by atoms with E-state index in [1.165, 1.54) is 25.0 Å². The average molecular weight is 285 g/mol. The molecule has 112 valence electrons. The third-order valence-corrected chi connectivity index (χ3v) is 3.84. The van der Waals surface area contributed by atoms with Crippen molar-refractivity contribution < 1.29 is 13.2 Å². The molecule has 1 aliphatic rings. The zero-order chi connectivity index (χ0) is 14.6. The molecule has 0 saturated heterocycles. The second-order valence-corrected chi connectivity index (χ2v) is 5.61. The molecule has 1 unspecified atom stereocenters. The smallest absolute Gasteiger partial charge is 0.310 e. The first-order valence-corrected chi connectivity index (χ1v) is 7.42. The zero-order valence-electron chi connectivity index (χ0n) is 11.8. The summed E-state index contributed by atoms with van der Waals surface area (Å²) in [6.07, 6.45) is 0.935. The van der Waals surface area contributed by atoms with Gasteiger partial charge in [0.1, 0.15) is 0 Å². The minimum Gasteiger partial charge on any atom is -0.310 e. The maximum absolute atomic E-state index is 13.1. The molecule has 0 heterocycles. The van der Waals surface area contributed by atoms with Gasteiger partial charge >= 0.3 is 6.18 Å². The van der Waals surface area contributed by atoms with E-state index in [9.17, 15) is 13.2 Å². The summed E-state index contributed by atoms with van der Waals surface area (Å²) in [5.74, 6) is 0.735. The lowest BCUT2D eigenvalue weighted by Gasteiger charge is -2.23. The van der Waals surface area contributed by atoms with E-state index in [1.54, 1.807) is 12.1 Å². The lowest BCUT2D eigenvalue weighted by Crippen LogP contribution is -2.25. The zero-order valence-corrected chi connectivity index (χ0v) is 11.8. The molecular weight excluding hydrogens is 263 g/mol. The SMILES string of the molecule is CCCNC(CCC1CC1)c1ccccc1C(F)(F)F. The Balaban J connectivity index is 2.17. The summed E-state index contributed by atoms with van der Waals surface area (Å²) in [7, 11) is 0. The number of nitrogens with one attached hydrogen (secondary N) is 1. The third kappa shape index (κ3) is 4.23. The molecule has 1 aliphatic carbocycles. The highest BCUT2D eigenvalue weighted by Gasteiger charge is 2.35. The van der Waals surface area contributed by atoms with Gasteiger partial charge in [-0.2, -0.15) is 13.2 Å². The molecule has 1 aromatic carbocycles. The van der Waals surface area contributed by atoms with Gasteiger partial charge in [0, 0.05) is 6.04 Å². The van der Waals surface area contributed by atoms with Crippen LogP contribution in [0.5, 0.6) is 0 Å². The van der Waals surface area contributed by atoms with E-state index in [4.69, 9.17) is 0 Å². The molecule has 1 fully saturated rings. The van der Waals surface area contributed by atoms with E-state index in [0.717, 1.165) is 31.7 Å². The molecule has 1 N–H and O–H groups in total. The summed E-state index contributed by atoms with van der Waals surface area (Å²) in [5, 5.41) is 3.28. The number of benzene rings is 1. The average Bonchev–Trinajstić information content (AvgIpc) is 3.22. The monoisotopic (exact) mass is 285 g/mol. The van der Waals surface area contributed by atoms with Crippen LogP contribution in [0.25, 0.3) is 0 Å². The Bertz CT molecular complexity index is 424. The van der Waals surface area contributed by atoms with E-state index in [2.05, 4.69) is 5.32 Å². The predicted octanol–water partition coefficient (Wildman–Crippen LogP) is 4.94. The third-order valence-electron chi connectivity index (χ3n) is 3.84. The second-order valence-electron chi connectivity index (χ2n) is 5.61. The number of hydrogen-bond acceptors (Lipinski definition) is 1. The van der Waals surface area contributed by atoms with Crippen molar-refractivity contribution >= 4 is 0 Å². The molecule has 1 atom stereocenters. The minimum atomic E-state index is -4.28. The highest BCUT2D eigenvalue weighted by Crippen LogP contribution is 2.39. The van der Waals surface area contributed by atoms with Crippen LogP contribution in [0, 0.1) is 5.92 Å². The van der Waals surface area contributed by atoms with Crippen molar-refractivity contribution in [1.82, 2.24) is 5.32 Å². The van der Waals surface area contributed by atoms with Crippen LogP contribution in [0.3, 0.4) is 0 Å². The standard InChI is InChI=1S/C16H22F3N/c1-2-11-20-15(10-9-12-7-8-12)13-5-3-4-6-14(13)16(17,18)19/h3-6,12,15,20H,2,7-11H2,1H3. The molecule has 0 aromatic heterocycles. The topological polar surface area (TPSA) is 12.0 Å². The lowest BCUT2D eigenvalue weighted by molar-refractivity contribution is -0.138. The Morgan fingerprint density at radius 2 is 1.95 bits per heavy atom. The summed E-state index contributed by atoms with van der Waals surface area (Å²) in [6, 6.07) is 5.77. The van der Waals surface area contributed by atoms with Gasteiger partial charge in [-0.05, 0) is 43.4 Å². The van der Waals surface area contributed by atoms with Crippen molar-refractivity contribution in [3.05, 3.63) is 35.4 Å². The lowest BCUT2D eigenvalue weighted by atomic mass is 9.95. The van der Waals surface area contributed by atoms with Crippen molar-refractivity contribution in [2.24, 2.45) is 5.92 Å². The fraction of sp³-hybridized carbons (Fsp3) is 0.625. The van der Waals surface area contributed by atoms with Crippen LogP contribution in [0.2, 0.25) is 0 Å². The summed E-state index contributed by atoms with van der Waals surface area (Å²) in [6.45, 7) is 2.78. The normalized spacial score (nSPS) is 17.2. The Hall–Kier alpha value is -1.03. The van der Waals surface area contributed by atoms with Crippen LogP contribution in [0.1, 0.15) is 56.2 Å². The molecule has 1 nitrogen and oxygen atoms in total. The van der Waals surface area contributed by atoms with Crippen LogP contribution in [-0.4, -0.2) is 6.54 Å². The quantitative estimate of drug-likeness (QED) is 0.748. The summed E-state index contributed by atoms with van der Waals surface area (Å²) in [4.78, 5) is 0. The number of hydrogen-bond donors (Lipinski definition) is 1. The van der Waals surface area contributed by atoms with Crippen LogP contribution >= 0.6 is 0 Å². The van der Waals surface area contributed by atoms with E-state index in [0.29, 0.717) is 5.56 Å². The van der Waals surface area contributed by atoms with E-state index in [-0.39, 0.29) is 6.04 Å². The largest absolute Gasteiger partial charge is 0.416 e. The second kappa shape index (κ2) is 6.61. The van der Waals surface area contributed by atoms with E-state index in [1.807, 2.05) is 6.92 Å². The summed E-state index contributed by atoms with van der Waals surface area (Å²) >= 11 is 0. The van der Waals surface area contributed by atoms with Gasteiger partial charge in [-0.15, -0.1) is 0 Å². The van der Waals surface area contributed by atoms with Crippen molar-refractivity contribution in [3.63, 3.8) is 0 Å². The van der Waals surface area contributed by atoms with Gasteiger partial charge in [-0.1, -0.05) is 38.0 Å². The molecule has 2 rings (SSSR count). The van der Waals surface area contributed by atoms with Gasteiger partial charge in [0.2, 0.25) is 0 Å². The van der Waals surface area contributed by atoms with E-state index >= 15 is 0 Å². The first-order chi connectivity index (χ1) is 9.52. The van der Waals surface area contributed by atoms with Gasteiger partial charge < -0.3 is 5.32 Å². The fourth-order valence-corrected chi connectivity index (χ4v) is 2.55. The van der Waals surface area contributed by atoms with Crippen molar-refractivity contribution in [1.29, 1.82) is 0 Å². The number of halogens is 3. The van der Waals surface area contributed by atoms with Gasteiger partial charge in [0.15, 0.2) is 0 Å². The molecule has 1 aromatic rings. The Morgan fingerprint density at radius 1 is 1.25 bits per heavy atom. The fourth-order valence-electron chi connectivity index (χ4n) is 2.55. The molecule has 0 bridgehead atoms. The van der Waals surface area contributed by atoms with Crippen LogP contribution < -0.4 is 5.32 Å². The Morgan fingerprint density at radius 3 is 2.55 bits per heavy atom. The molecule has 20 heavy (non-hydrogen) atoms. The van der Waals surface area contributed by atoms with Crippen LogP contribution in [0.15, 0.2) is 24.3 Å². The first-order valence-electron chi connectivity index (χ1n) is 7.42.